The molecule has 0 N–H and O–H groups in total. The highest BCUT2D eigenvalue weighted by Crippen LogP contribution is 2.17. The van der Waals surface area contributed by atoms with Gasteiger partial charge in [0.15, 0.2) is 5.75 Å². The Morgan fingerprint density at radius 3 is 2.69 bits per heavy atom. The summed E-state index contributed by atoms with van der Waals surface area (Å²) in [7, 11) is 0. The predicted octanol–water partition coefficient (Wildman–Crippen LogP) is 2.40. The highest BCUT2D eigenvalue weighted by Gasteiger charge is 2.11. The van der Waals surface area contributed by atoms with Crippen LogP contribution in [0.1, 0.15) is 23.7 Å². The van der Waals surface area contributed by atoms with Crippen LogP contribution in [0.5, 0.6) is 5.75 Å². The minimum absolute atomic E-state index is 0.107. The van der Waals surface area contributed by atoms with Crippen LogP contribution in [0.15, 0.2) is 24.3 Å². The average Bonchev–Trinajstić information content (AvgIpc) is 2.15. The lowest BCUT2D eigenvalue weighted by Gasteiger charge is -2.02. The minimum atomic E-state index is -0.535. The molecule has 1 aromatic carbocycles. The first-order valence-corrected chi connectivity index (χ1v) is 4.19. The van der Waals surface area contributed by atoms with Gasteiger partial charge in [-0.3, -0.25) is 5.11 Å². The molecule has 1 aromatic rings. The Bertz CT molecular complexity index is 294. The highest BCUT2D eigenvalue weighted by molar-refractivity contribution is 5.92. The molecule has 0 aromatic heterocycles. The van der Waals surface area contributed by atoms with E-state index in [-0.39, 0.29) is 11.3 Å². The Labute approximate surface area is 77.0 Å². The van der Waals surface area contributed by atoms with Crippen molar-refractivity contribution in [3.63, 3.8) is 0 Å². The van der Waals surface area contributed by atoms with Gasteiger partial charge in [-0.25, -0.2) is 4.79 Å². The largest absolute Gasteiger partial charge is 0.462 e. The van der Waals surface area contributed by atoms with E-state index in [1.807, 2.05) is 6.92 Å². The third-order valence-electron chi connectivity index (χ3n) is 1.54. The number of rotatable bonds is 3. The summed E-state index contributed by atoms with van der Waals surface area (Å²) in [5, 5.41) is 11.1. The van der Waals surface area contributed by atoms with Crippen molar-refractivity contribution in [1.29, 1.82) is 0 Å². The van der Waals surface area contributed by atoms with Crippen LogP contribution in [0.2, 0.25) is 0 Å². The summed E-state index contributed by atoms with van der Waals surface area (Å²) >= 11 is 0. The fourth-order valence-electron chi connectivity index (χ4n) is 0.908. The van der Waals surface area contributed by atoms with Crippen LogP contribution >= 0.6 is 0 Å². The third kappa shape index (κ3) is 2.47. The number of esters is 1. The van der Waals surface area contributed by atoms with Crippen molar-refractivity contribution in [3.8, 4) is 5.75 Å². The van der Waals surface area contributed by atoms with Crippen molar-refractivity contribution in [1.82, 2.24) is 0 Å². The molecule has 0 saturated heterocycles. The molecule has 0 spiro atoms. The van der Waals surface area contributed by atoms with Gasteiger partial charge in [0, 0.05) is 0 Å². The van der Waals surface area contributed by atoms with Gasteiger partial charge in [-0.2, -0.15) is 0 Å². The number of carbonyl (C=O) groups excluding carboxylic acids is 1. The van der Waals surface area contributed by atoms with Gasteiger partial charge in [0.1, 0.15) is 5.56 Å². The number of ether oxygens (including phenoxy) is 1. The van der Waals surface area contributed by atoms with Crippen molar-refractivity contribution in [2.45, 2.75) is 13.3 Å². The SMILES string of the molecule is CCCOC(=O)c1ccccc1[O]. The van der Waals surface area contributed by atoms with Crippen molar-refractivity contribution in [3.05, 3.63) is 29.8 Å². The molecular weight excluding hydrogens is 168 g/mol. The van der Waals surface area contributed by atoms with Gasteiger partial charge in [-0.15, -0.1) is 0 Å². The number of carbonyl (C=O) groups is 1. The maximum Gasteiger partial charge on any atom is 0.342 e. The third-order valence-corrected chi connectivity index (χ3v) is 1.54. The van der Waals surface area contributed by atoms with Crippen LogP contribution in [0.3, 0.4) is 0 Å². The summed E-state index contributed by atoms with van der Waals surface area (Å²) in [4.78, 5) is 11.2. The lowest BCUT2D eigenvalue weighted by molar-refractivity contribution is 0.0500. The molecule has 0 amide bonds. The van der Waals surface area contributed by atoms with Crippen molar-refractivity contribution < 1.29 is 14.6 Å². The molecule has 0 unspecified atom stereocenters. The lowest BCUT2D eigenvalue weighted by Crippen LogP contribution is -2.05. The van der Waals surface area contributed by atoms with Gasteiger partial charge < -0.3 is 4.74 Å². The van der Waals surface area contributed by atoms with Crippen LogP contribution in [-0.2, 0) is 9.84 Å². The molecule has 1 rings (SSSR count). The van der Waals surface area contributed by atoms with Gasteiger partial charge in [-0.1, -0.05) is 19.1 Å². The molecule has 0 fully saturated rings. The minimum Gasteiger partial charge on any atom is -0.462 e. The molecule has 0 aliphatic heterocycles. The predicted molar refractivity (Wildman–Crippen MR) is 47.1 cm³/mol. The first-order valence-electron chi connectivity index (χ1n) is 4.19. The van der Waals surface area contributed by atoms with Gasteiger partial charge in [-0.05, 0) is 18.6 Å². The first-order chi connectivity index (χ1) is 6.25. The van der Waals surface area contributed by atoms with E-state index in [4.69, 9.17) is 4.74 Å². The van der Waals surface area contributed by atoms with Gasteiger partial charge >= 0.3 is 5.97 Å². The average molecular weight is 179 g/mol. The summed E-state index contributed by atoms with van der Waals surface area (Å²) in [5.41, 5.74) is 0.107. The molecule has 0 saturated carbocycles. The molecule has 0 heterocycles. The van der Waals surface area contributed by atoms with E-state index in [1.165, 1.54) is 12.1 Å². The van der Waals surface area contributed by atoms with E-state index in [0.717, 1.165) is 6.42 Å². The number of benzene rings is 1. The number of para-hydroxylation sites is 1. The molecule has 3 heteroatoms. The Balaban J connectivity index is 2.71. The molecular formula is C10H11O3. The van der Waals surface area contributed by atoms with Crippen LogP contribution in [0.25, 0.3) is 0 Å². The zero-order valence-corrected chi connectivity index (χ0v) is 7.45. The van der Waals surface area contributed by atoms with Crippen molar-refractivity contribution in [2.75, 3.05) is 6.61 Å². The Morgan fingerprint density at radius 1 is 1.38 bits per heavy atom. The van der Waals surface area contributed by atoms with Gasteiger partial charge in [0.2, 0.25) is 0 Å². The molecule has 0 atom stereocenters. The number of hydrogen-bond donors (Lipinski definition) is 0. The second kappa shape index (κ2) is 4.50. The topological polar surface area (TPSA) is 46.2 Å². The Hall–Kier alpha value is -1.51. The highest BCUT2D eigenvalue weighted by atomic mass is 16.5. The fraction of sp³-hybridized carbons (Fsp3) is 0.300. The van der Waals surface area contributed by atoms with E-state index in [1.54, 1.807) is 12.1 Å². The molecule has 13 heavy (non-hydrogen) atoms. The standard InChI is InChI=1S/C10H11O3/c1-2-7-13-10(12)8-5-3-4-6-9(8)11/h3-6H,2,7H2,1H3. The summed E-state index contributed by atoms with van der Waals surface area (Å²) < 4.78 is 4.82. The molecule has 69 valence electrons. The van der Waals surface area contributed by atoms with Crippen molar-refractivity contribution in [2.24, 2.45) is 0 Å². The zero-order valence-electron chi connectivity index (χ0n) is 7.45. The number of hydrogen-bond acceptors (Lipinski definition) is 2. The van der Waals surface area contributed by atoms with Crippen LogP contribution < -0.4 is 0 Å². The first kappa shape index (κ1) is 9.58. The fourth-order valence-corrected chi connectivity index (χ4v) is 0.908. The Kier molecular flexibility index (Phi) is 3.31. The van der Waals surface area contributed by atoms with E-state index in [2.05, 4.69) is 0 Å². The normalized spacial score (nSPS) is 9.62. The van der Waals surface area contributed by atoms with E-state index in [9.17, 15) is 9.90 Å². The van der Waals surface area contributed by atoms with E-state index in [0.29, 0.717) is 6.61 Å². The second-order valence-electron chi connectivity index (χ2n) is 2.63. The summed E-state index contributed by atoms with van der Waals surface area (Å²) in [5.74, 6) is -0.823. The summed E-state index contributed by atoms with van der Waals surface area (Å²) in [6.45, 7) is 2.25. The molecule has 0 aliphatic carbocycles. The van der Waals surface area contributed by atoms with Crippen LogP contribution in [0, 0.1) is 0 Å². The second-order valence-corrected chi connectivity index (χ2v) is 2.63. The zero-order chi connectivity index (χ0) is 9.68. The smallest absolute Gasteiger partial charge is 0.342 e. The summed E-state index contributed by atoms with van der Waals surface area (Å²) in [6.07, 6.45) is 0.757. The maximum absolute atomic E-state index is 11.2. The van der Waals surface area contributed by atoms with Gasteiger partial charge in [0.05, 0.1) is 6.61 Å². The van der Waals surface area contributed by atoms with E-state index < -0.39 is 5.97 Å². The molecule has 1 radical (unpaired) electrons. The van der Waals surface area contributed by atoms with Crippen molar-refractivity contribution >= 4 is 5.97 Å². The quantitative estimate of drug-likeness (QED) is 0.669. The Morgan fingerprint density at radius 2 is 2.08 bits per heavy atom. The molecule has 0 aliphatic rings. The lowest BCUT2D eigenvalue weighted by atomic mass is 10.2. The molecule has 0 bridgehead atoms. The van der Waals surface area contributed by atoms with Crippen LogP contribution in [-0.4, -0.2) is 12.6 Å². The maximum atomic E-state index is 11.2. The van der Waals surface area contributed by atoms with Gasteiger partial charge in [0.25, 0.3) is 0 Å². The summed E-state index contributed by atoms with van der Waals surface area (Å²) in [6, 6.07) is 6.06. The van der Waals surface area contributed by atoms with E-state index >= 15 is 0 Å². The monoisotopic (exact) mass is 179 g/mol. The van der Waals surface area contributed by atoms with Crippen LogP contribution in [0.4, 0.5) is 0 Å². The molecule has 3 nitrogen and oxygen atoms in total.